The molecule has 0 aromatic heterocycles. The molecule has 0 atom stereocenters. The van der Waals surface area contributed by atoms with Crippen LogP contribution in [0.2, 0.25) is 0 Å². The van der Waals surface area contributed by atoms with Gasteiger partial charge in [0.25, 0.3) is 0 Å². The first-order valence-electron chi connectivity index (χ1n) is 4.87. The van der Waals surface area contributed by atoms with Crippen molar-refractivity contribution < 1.29 is 4.74 Å². The Kier molecular flexibility index (Phi) is 4.79. The number of para-hydroxylation sites is 1. The molecule has 0 heterocycles. The van der Waals surface area contributed by atoms with E-state index >= 15 is 0 Å². The van der Waals surface area contributed by atoms with Gasteiger partial charge in [-0.25, -0.2) is 0 Å². The van der Waals surface area contributed by atoms with Gasteiger partial charge in [0.15, 0.2) is 0 Å². The van der Waals surface area contributed by atoms with Crippen molar-refractivity contribution in [1.29, 1.82) is 0 Å². The average Bonchev–Trinajstić information content (AvgIpc) is 2.26. The van der Waals surface area contributed by atoms with Gasteiger partial charge in [0, 0.05) is 12.2 Å². The van der Waals surface area contributed by atoms with Crippen LogP contribution < -0.4 is 4.90 Å². The van der Waals surface area contributed by atoms with Gasteiger partial charge in [0.05, 0.1) is 6.61 Å². The van der Waals surface area contributed by atoms with E-state index in [0.29, 0.717) is 13.3 Å². The maximum Gasteiger partial charge on any atom is 0.119 e. The Labute approximate surface area is 85.8 Å². The Morgan fingerprint density at radius 1 is 1.36 bits per heavy atom. The van der Waals surface area contributed by atoms with E-state index in [1.165, 1.54) is 5.69 Å². The molecule has 0 radical (unpaired) electrons. The highest BCUT2D eigenvalue weighted by Crippen LogP contribution is 2.12. The average molecular weight is 191 g/mol. The van der Waals surface area contributed by atoms with Crippen molar-refractivity contribution in [3.05, 3.63) is 43.0 Å². The van der Waals surface area contributed by atoms with E-state index in [0.717, 1.165) is 6.54 Å². The highest BCUT2D eigenvalue weighted by molar-refractivity contribution is 5.45. The lowest BCUT2D eigenvalue weighted by Crippen LogP contribution is -2.25. The maximum absolute atomic E-state index is 5.40. The third-order valence-electron chi connectivity index (χ3n) is 1.99. The SMILES string of the molecule is C=CCOCN(CC)c1ccccc1. The summed E-state index contributed by atoms with van der Waals surface area (Å²) >= 11 is 0. The second-order valence-corrected chi connectivity index (χ2v) is 2.98. The van der Waals surface area contributed by atoms with Crippen LogP contribution in [0.15, 0.2) is 43.0 Å². The lowest BCUT2D eigenvalue weighted by Gasteiger charge is -2.22. The molecule has 0 aliphatic rings. The van der Waals surface area contributed by atoms with Crippen molar-refractivity contribution in [2.24, 2.45) is 0 Å². The van der Waals surface area contributed by atoms with Crippen molar-refractivity contribution >= 4 is 5.69 Å². The standard InChI is InChI=1S/C12H17NO/c1-3-10-14-11-13(4-2)12-8-6-5-7-9-12/h3,5-9H,1,4,10-11H2,2H3. The van der Waals surface area contributed by atoms with Crippen molar-refractivity contribution in [1.82, 2.24) is 0 Å². The van der Waals surface area contributed by atoms with Gasteiger partial charge in [-0.2, -0.15) is 0 Å². The fourth-order valence-electron chi connectivity index (χ4n) is 1.23. The minimum absolute atomic E-state index is 0.601. The van der Waals surface area contributed by atoms with Crippen LogP contribution in [-0.2, 0) is 4.74 Å². The molecule has 0 aliphatic carbocycles. The summed E-state index contributed by atoms with van der Waals surface area (Å²) in [5.74, 6) is 0. The molecule has 0 bridgehead atoms. The molecule has 0 amide bonds. The fourth-order valence-corrected chi connectivity index (χ4v) is 1.23. The van der Waals surface area contributed by atoms with Gasteiger partial charge in [-0.15, -0.1) is 6.58 Å². The first-order chi connectivity index (χ1) is 6.88. The lowest BCUT2D eigenvalue weighted by atomic mass is 10.3. The molecule has 0 saturated heterocycles. The zero-order chi connectivity index (χ0) is 10.2. The molecule has 2 heteroatoms. The van der Waals surface area contributed by atoms with Crippen LogP contribution in [0.5, 0.6) is 0 Å². The predicted molar refractivity (Wildman–Crippen MR) is 60.5 cm³/mol. The van der Waals surface area contributed by atoms with Crippen LogP contribution in [0.3, 0.4) is 0 Å². The van der Waals surface area contributed by atoms with E-state index in [1.54, 1.807) is 6.08 Å². The summed E-state index contributed by atoms with van der Waals surface area (Å²) < 4.78 is 5.40. The summed E-state index contributed by atoms with van der Waals surface area (Å²) in [4.78, 5) is 2.17. The number of hydrogen-bond donors (Lipinski definition) is 0. The second kappa shape index (κ2) is 6.22. The van der Waals surface area contributed by atoms with E-state index in [1.807, 2.05) is 18.2 Å². The molecule has 2 nitrogen and oxygen atoms in total. The first kappa shape index (κ1) is 10.8. The number of rotatable bonds is 6. The minimum Gasteiger partial charge on any atom is -0.357 e. The summed E-state index contributed by atoms with van der Waals surface area (Å²) in [6.45, 7) is 7.89. The minimum atomic E-state index is 0.601. The summed E-state index contributed by atoms with van der Waals surface area (Å²) in [5, 5.41) is 0. The van der Waals surface area contributed by atoms with E-state index in [-0.39, 0.29) is 0 Å². The molecule has 1 rings (SSSR count). The van der Waals surface area contributed by atoms with Gasteiger partial charge >= 0.3 is 0 Å². The van der Waals surface area contributed by atoms with Crippen molar-refractivity contribution in [3.63, 3.8) is 0 Å². The van der Waals surface area contributed by atoms with Gasteiger partial charge in [-0.05, 0) is 19.1 Å². The summed E-state index contributed by atoms with van der Waals surface area (Å²) in [6, 6.07) is 10.3. The first-order valence-corrected chi connectivity index (χ1v) is 4.87. The Morgan fingerprint density at radius 2 is 2.07 bits per heavy atom. The van der Waals surface area contributed by atoms with Crippen LogP contribution >= 0.6 is 0 Å². The molecular weight excluding hydrogens is 174 g/mol. The summed E-state index contributed by atoms with van der Waals surface area (Å²) in [7, 11) is 0. The third kappa shape index (κ3) is 3.23. The molecule has 0 spiro atoms. The Balaban J connectivity index is 2.50. The predicted octanol–water partition coefficient (Wildman–Crippen LogP) is 2.67. The van der Waals surface area contributed by atoms with E-state index in [4.69, 9.17) is 4.74 Å². The van der Waals surface area contributed by atoms with Crippen LogP contribution in [0, 0.1) is 0 Å². The third-order valence-corrected chi connectivity index (χ3v) is 1.99. The Hall–Kier alpha value is -1.28. The number of hydrogen-bond acceptors (Lipinski definition) is 2. The monoisotopic (exact) mass is 191 g/mol. The number of nitrogens with zero attached hydrogens (tertiary/aromatic N) is 1. The second-order valence-electron chi connectivity index (χ2n) is 2.98. The summed E-state index contributed by atoms with van der Waals surface area (Å²) in [5.41, 5.74) is 1.19. The number of ether oxygens (including phenoxy) is 1. The summed E-state index contributed by atoms with van der Waals surface area (Å²) in [6.07, 6.45) is 1.76. The topological polar surface area (TPSA) is 12.5 Å². The Bertz CT molecular complexity index is 258. The lowest BCUT2D eigenvalue weighted by molar-refractivity contribution is 0.163. The quantitative estimate of drug-likeness (QED) is 0.389. The smallest absolute Gasteiger partial charge is 0.119 e. The van der Waals surface area contributed by atoms with Gasteiger partial charge < -0.3 is 9.64 Å². The zero-order valence-electron chi connectivity index (χ0n) is 8.65. The fraction of sp³-hybridized carbons (Fsp3) is 0.333. The largest absolute Gasteiger partial charge is 0.357 e. The van der Waals surface area contributed by atoms with E-state index in [9.17, 15) is 0 Å². The normalized spacial score (nSPS) is 9.79. The molecular formula is C12H17NO. The molecule has 0 unspecified atom stereocenters. The molecule has 0 N–H and O–H groups in total. The molecule has 1 aromatic rings. The van der Waals surface area contributed by atoms with E-state index < -0.39 is 0 Å². The molecule has 0 aliphatic heterocycles. The van der Waals surface area contributed by atoms with Gasteiger partial charge in [-0.1, -0.05) is 24.3 Å². The van der Waals surface area contributed by atoms with Crippen molar-refractivity contribution in [2.75, 3.05) is 24.8 Å². The highest BCUT2D eigenvalue weighted by Gasteiger charge is 2.01. The molecule has 0 fully saturated rings. The maximum atomic E-state index is 5.40. The zero-order valence-corrected chi connectivity index (χ0v) is 8.65. The van der Waals surface area contributed by atoms with Crippen LogP contribution in [0.1, 0.15) is 6.92 Å². The number of anilines is 1. The molecule has 14 heavy (non-hydrogen) atoms. The van der Waals surface area contributed by atoms with Crippen LogP contribution in [-0.4, -0.2) is 19.9 Å². The van der Waals surface area contributed by atoms with Gasteiger partial charge in [0.2, 0.25) is 0 Å². The molecule has 0 saturated carbocycles. The molecule has 1 aromatic carbocycles. The highest BCUT2D eigenvalue weighted by atomic mass is 16.5. The van der Waals surface area contributed by atoms with E-state index in [2.05, 4.69) is 30.5 Å². The number of benzene rings is 1. The molecule has 76 valence electrons. The van der Waals surface area contributed by atoms with Gasteiger partial charge in [-0.3, -0.25) is 0 Å². The van der Waals surface area contributed by atoms with Crippen molar-refractivity contribution in [2.45, 2.75) is 6.92 Å². The van der Waals surface area contributed by atoms with Crippen LogP contribution in [0.4, 0.5) is 5.69 Å². The van der Waals surface area contributed by atoms with Gasteiger partial charge in [0.1, 0.15) is 6.73 Å². The van der Waals surface area contributed by atoms with Crippen molar-refractivity contribution in [3.8, 4) is 0 Å². The van der Waals surface area contributed by atoms with Crippen LogP contribution in [0.25, 0.3) is 0 Å². The Morgan fingerprint density at radius 3 is 2.64 bits per heavy atom.